The Morgan fingerprint density at radius 2 is 1.65 bits per heavy atom. The average Bonchev–Trinajstić information content (AvgIpc) is 3.21. The first-order valence-corrected chi connectivity index (χ1v) is 11.3. The van der Waals surface area contributed by atoms with Gasteiger partial charge in [0, 0.05) is 41.1 Å². The molecule has 0 saturated carbocycles. The first-order valence-electron chi connectivity index (χ1n) is 10.3. The van der Waals surface area contributed by atoms with Gasteiger partial charge in [-0.25, -0.2) is 4.79 Å². The van der Waals surface area contributed by atoms with Crippen molar-refractivity contribution >= 4 is 39.5 Å². The molecule has 4 aromatic rings. The number of benzene rings is 2. The second kappa shape index (κ2) is 8.11. The van der Waals surface area contributed by atoms with Crippen LogP contribution in [0, 0.1) is 0 Å². The SMILES string of the molecule is O=C(CSc1c[nH]c2ccccc12)N1CCC(n2c(=O)[nH]c3ccccc3c2=O)CC1. The molecule has 0 aliphatic carbocycles. The Bertz CT molecular complexity index is 1380. The number of rotatable bonds is 4. The summed E-state index contributed by atoms with van der Waals surface area (Å²) >= 11 is 1.53. The Hall–Kier alpha value is -3.26. The molecule has 8 heteroatoms. The van der Waals surface area contributed by atoms with Gasteiger partial charge in [0.25, 0.3) is 5.56 Å². The number of hydrogen-bond donors (Lipinski definition) is 2. The number of carbonyl (C=O) groups is 1. The molecule has 0 radical (unpaired) electrons. The van der Waals surface area contributed by atoms with Crippen LogP contribution in [0.15, 0.2) is 69.2 Å². The summed E-state index contributed by atoms with van der Waals surface area (Å²) in [6, 6.07) is 14.9. The molecule has 1 fully saturated rings. The van der Waals surface area contributed by atoms with Gasteiger partial charge in [-0.3, -0.25) is 14.2 Å². The lowest BCUT2D eigenvalue weighted by Gasteiger charge is -2.32. The van der Waals surface area contributed by atoms with E-state index in [2.05, 4.69) is 9.97 Å². The largest absolute Gasteiger partial charge is 0.360 e. The molecule has 0 unspecified atom stereocenters. The van der Waals surface area contributed by atoms with Gasteiger partial charge < -0.3 is 14.9 Å². The molecule has 3 heterocycles. The van der Waals surface area contributed by atoms with Crippen LogP contribution in [0.25, 0.3) is 21.8 Å². The van der Waals surface area contributed by atoms with E-state index in [0.29, 0.717) is 42.6 Å². The molecular weight excluding hydrogens is 412 g/mol. The van der Waals surface area contributed by atoms with Crippen LogP contribution in [0.4, 0.5) is 0 Å². The molecule has 2 aromatic heterocycles. The van der Waals surface area contributed by atoms with Crippen LogP contribution in [-0.4, -0.2) is 44.2 Å². The van der Waals surface area contributed by atoms with Gasteiger partial charge >= 0.3 is 5.69 Å². The highest BCUT2D eigenvalue weighted by Crippen LogP contribution is 2.28. The number of nitrogens with zero attached hydrogens (tertiary/aromatic N) is 2. The van der Waals surface area contributed by atoms with Gasteiger partial charge in [0.1, 0.15) is 0 Å². The zero-order chi connectivity index (χ0) is 21.4. The summed E-state index contributed by atoms with van der Waals surface area (Å²) in [5, 5.41) is 1.63. The number of piperidine rings is 1. The molecule has 31 heavy (non-hydrogen) atoms. The van der Waals surface area contributed by atoms with E-state index in [0.717, 1.165) is 15.8 Å². The fraction of sp³-hybridized carbons (Fsp3) is 0.261. The fourth-order valence-electron chi connectivity index (χ4n) is 4.28. The molecule has 5 rings (SSSR count). The van der Waals surface area contributed by atoms with Crippen LogP contribution in [0.5, 0.6) is 0 Å². The van der Waals surface area contributed by atoms with Crippen LogP contribution >= 0.6 is 11.8 Å². The zero-order valence-electron chi connectivity index (χ0n) is 16.8. The molecule has 1 saturated heterocycles. The summed E-state index contributed by atoms with van der Waals surface area (Å²) in [6.45, 7) is 1.08. The third-order valence-corrected chi connectivity index (χ3v) is 6.96. The minimum atomic E-state index is -0.386. The van der Waals surface area contributed by atoms with E-state index in [1.807, 2.05) is 35.4 Å². The molecule has 0 bridgehead atoms. The number of fused-ring (bicyclic) bond motifs is 2. The highest BCUT2D eigenvalue weighted by Gasteiger charge is 2.26. The third kappa shape index (κ3) is 3.67. The number of nitrogens with one attached hydrogen (secondary N) is 2. The number of para-hydroxylation sites is 2. The number of likely N-dealkylation sites (tertiary alicyclic amines) is 1. The van der Waals surface area contributed by atoms with E-state index in [1.54, 1.807) is 24.3 Å². The average molecular weight is 435 g/mol. The summed E-state index contributed by atoms with van der Waals surface area (Å²) in [4.78, 5) is 47.1. The van der Waals surface area contributed by atoms with Gasteiger partial charge in [-0.2, -0.15) is 0 Å². The highest BCUT2D eigenvalue weighted by molar-refractivity contribution is 8.00. The summed E-state index contributed by atoms with van der Waals surface area (Å²) in [5.41, 5.74) is 0.961. The number of amides is 1. The second-order valence-electron chi connectivity index (χ2n) is 7.75. The number of aromatic nitrogens is 3. The molecule has 7 nitrogen and oxygen atoms in total. The highest BCUT2D eigenvalue weighted by atomic mass is 32.2. The zero-order valence-corrected chi connectivity index (χ0v) is 17.7. The smallest absolute Gasteiger partial charge is 0.329 e. The van der Waals surface area contributed by atoms with E-state index < -0.39 is 0 Å². The van der Waals surface area contributed by atoms with E-state index in [-0.39, 0.29) is 23.2 Å². The van der Waals surface area contributed by atoms with Gasteiger partial charge in [-0.05, 0) is 31.0 Å². The monoisotopic (exact) mass is 434 g/mol. The molecular formula is C23H22N4O3S. The first kappa shape index (κ1) is 19.7. The van der Waals surface area contributed by atoms with Gasteiger partial charge in [-0.1, -0.05) is 30.3 Å². The number of aromatic amines is 2. The van der Waals surface area contributed by atoms with Crippen molar-refractivity contribution in [2.24, 2.45) is 0 Å². The fourth-order valence-corrected chi connectivity index (χ4v) is 5.21. The molecule has 2 N–H and O–H groups in total. The third-order valence-electron chi connectivity index (χ3n) is 5.92. The van der Waals surface area contributed by atoms with Crippen molar-refractivity contribution in [2.45, 2.75) is 23.8 Å². The standard InChI is InChI=1S/C23H22N4O3S/c28-21(14-31-20-13-24-18-7-3-1-5-16(18)20)26-11-9-15(10-12-26)27-22(29)17-6-2-4-8-19(17)25-23(27)30/h1-8,13,15,24H,9-12,14H2,(H,25,30). The minimum Gasteiger partial charge on any atom is -0.360 e. The van der Waals surface area contributed by atoms with Crippen molar-refractivity contribution in [1.82, 2.24) is 19.4 Å². The maximum absolute atomic E-state index is 12.9. The first-order chi connectivity index (χ1) is 15.1. The number of hydrogen-bond acceptors (Lipinski definition) is 4. The number of H-pyrrole nitrogens is 2. The Morgan fingerprint density at radius 1 is 0.968 bits per heavy atom. The van der Waals surface area contributed by atoms with Crippen LogP contribution in [0.2, 0.25) is 0 Å². The lowest BCUT2D eigenvalue weighted by molar-refractivity contribution is -0.129. The Kier molecular flexibility index (Phi) is 5.15. The molecule has 1 amide bonds. The van der Waals surface area contributed by atoms with Crippen molar-refractivity contribution < 1.29 is 4.79 Å². The molecule has 1 aliphatic heterocycles. The van der Waals surface area contributed by atoms with Crippen molar-refractivity contribution in [3.63, 3.8) is 0 Å². The minimum absolute atomic E-state index is 0.0773. The molecule has 0 atom stereocenters. The quantitative estimate of drug-likeness (QED) is 0.483. The molecule has 158 valence electrons. The number of carbonyl (C=O) groups excluding carboxylic acids is 1. The predicted molar refractivity (Wildman–Crippen MR) is 123 cm³/mol. The predicted octanol–water partition coefficient (Wildman–Crippen LogP) is 3.13. The topological polar surface area (TPSA) is 91.0 Å². The van der Waals surface area contributed by atoms with Gasteiger partial charge in [-0.15, -0.1) is 11.8 Å². The van der Waals surface area contributed by atoms with Crippen molar-refractivity contribution in [3.05, 3.63) is 75.6 Å². The Balaban J connectivity index is 1.25. The summed E-state index contributed by atoms with van der Waals surface area (Å²) in [7, 11) is 0. The molecule has 1 aliphatic rings. The van der Waals surface area contributed by atoms with Gasteiger partial charge in [0.05, 0.1) is 16.7 Å². The van der Waals surface area contributed by atoms with E-state index in [9.17, 15) is 14.4 Å². The Labute approximate surface area is 182 Å². The maximum Gasteiger partial charge on any atom is 0.329 e. The molecule has 0 spiro atoms. The van der Waals surface area contributed by atoms with E-state index in [1.165, 1.54) is 16.3 Å². The normalized spacial score (nSPS) is 15.0. The maximum atomic E-state index is 12.9. The lowest BCUT2D eigenvalue weighted by Crippen LogP contribution is -2.45. The molecule has 2 aromatic carbocycles. The van der Waals surface area contributed by atoms with Crippen molar-refractivity contribution in [1.29, 1.82) is 0 Å². The summed E-state index contributed by atoms with van der Waals surface area (Å²) in [5.74, 6) is 0.441. The van der Waals surface area contributed by atoms with Gasteiger partial charge in [0.2, 0.25) is 5.91 Å². The van der Waals surface area contributed by atoms with Gasteiger partial charge in [0.15, 0.2) is 0 Å². The number of thioether (sulfide) groups is 1. The lowest BCUT2D eigenvalue weighted by atomic mass is 10.0. The van der Waals surface area contributed by atoms with Crippen LogP contribution < -0.4 is 11.2 Å². The Morgan fingerprint density at radius 3 is 2.42 bits per heavy atom. The van der Waals surface area contributed by atoms with Crippen molar-refractivity contribution in [2.75, 3.05) is 18.8 Å². The summed E-state index contributed by atoms with van der Waals surface area (Å²) < 4.78 is 1.32. The second-order valence-corrected chi connectivity index (χ2v) is 8.77. The van der Waals surface area contributed by atoms with Crippen LogP contribution in [0.1, 0.15) is 18.9 Å². The van der Waals surface area contributed by atoms with Crippen LogP contribution in [-0.2, 0) is 4.79 Å². The summed E-state index contributed by atoms with van der Waals surface area (Å²) in [6.07, 6.45) is 3.11. The van der Waals surface area contributed by atoms with E-state index in [4.69, 9.17) is 0 Å². The van der Waals surface area contributed by atoms with Crippen LogP contribution in [0.3, 0.4) is 0 Å². The van der Waals surface area contributed by atoms with Crippen molar-refractivity contribution in [3.8, 4) is 0 Å². The van der Waals surface area contributed by atoms with E-state index >= 15 is 0 Å².